The molecular formula is C23H23NO4. The van der Waals surface area contributed by atoms with Crippen molar-refractivity contribution in [3.63, 3.8) is 0 Å². The minimum absolute atomic E-state index is 0.0137. The molecule has 0 radical (unpaired) electrons. The molecule has 1 aromatic heterocycles. The highest BCUT2D eigenvalue weighted by Crippen LogP contribution is 2.31. The number of benzene rings is 2. The summed E-state index contributed by atoms with van der Waals surface area (Å²) in [5.41, 5.74) is 3.86. The van der Waals surface area contributed by atoms with Gasteiger partial charge in [0.1, 0.15) is 5.76 Å². The van der Waals surface area contributed by atoms with Crippen LogP contribution in [0, 0.1) is 6.92 Å². The molecule has 0 unspecified atom stereocenters. The smallest absolute Gasteiger partial charge is 0.371 e. The van der Waals surface area contributed by atoms with E-state index in [-0.39, 0.29) is 17.1 Å². The zero-order valence-electron chi connectivity index (χ0n) is 16.4. The van der Waals surface area contributed by atoms with Gasteiger partial charge in [0.15, 0.2) is 0 Å². The van der Waals surface area contributed by atoms with Gasteiger partial charge in [-0.2, -0.15) is 0 Å². The molecule has 0 atom stereocenters. The minimum Gasteiger partial charge on any atom is -0.475 e. The average Bonchev–Trinajstić information content (AvgIpc) is 3.11. The lowest BCUT2D eigenvalue weighted by atomic mass is 9.86. The molecule has 0 spiro atoms. The Kier molecular flexibility index (Phi) is 5.10. The van der Waals surface area contributed by atoms with Crippen molar-refractivity contribution in [2.75, 3.05) is 5.32 Å². The minimum atomic E-state index is -1.14. The Bertz CT molecular complexity index is 1020. The molecule has 5 nitrogen and oxygen atoms in total. The fourth-order valence-electron chi connectivity index (χ4n) is 2.89. The van der Waals surface area contributed by atoms with Gasteiger partial charge >= 0.3 is 5.97 Å². The molecule has 3 aromatic rings. The number of carboxylic acids is 1. The summed E-state index contributed by atoms with van der Waals surface area (Å²) in [4.78, 5) is 23.8. The zero-order chi connectivity index (χ0) is 20.5. The van der Waals surface area contributed by atoms with E-state index >= 15 is 0 Å². The lowest BCUT2D eigenvalue weighted by Crippen LogP contribution is -2.14. The van der Waals surface area contributed by atoms with Crippen molar-refractivity contribution in [1.29, 1.82) is 0 Å². The van der Waals surface area contributed by atoms with E-state index in [0.717, 1.165) is 11.1 Å². The van der Waals surface area contributed by atoms with E-state index in [1.165, 1.54) is 6.07 Å². The SMILES string of the molecule is Cc1ccc(-c2ccc(C(=O)O)o2)c(NC(=O)c2ccc(C(C)(C)C)cc2)c1. The third-order valence-electron chi connectivity index (χ3n) is 4.52. The standard InChI is InChI=1S/C23H23NO4/c1-14-5-10-17(19-11-12-20(28-19)22(26)27)18(13-14)24-21(25)15-6-8-16(9-7-15)23(2,3)4/h5-13H,1-4H3,(H,24,25)(H,26,27). The van der Waals surface area contributed by atoms with Gasteiger partial charge in [0.2, 0.25) is 5.76 Å². The molecular weight excluding hydrogens is 354 g/mol. The number of amides is 1. The summed E-state index contributed by atoms with van der Waals surface area (Å²) in [6, 6.07) is 16.0. The first-order valence-corrected chi connectivity index (χ1v) is 9.01. The van der Waals surface area contributed by atoms with Crippen LogP contribution in [0.4, 0.5) is 5.69 Å². The van der Waals surface area contributed by atoms with Crippen LogP contribution in [-0.4, -0.2) is 17.0 Å². The Morgan fingerprint density at radius 1 is 0.964 bits per heavy atom. The highest BCUT2D eigenvalue weighted by Gasteiger charge is 2.17. The van der Waals surface area contributed by atoms with Crippen LogP contribution in [0.15, 0.2) is 59.0 Å². The molecule has 5 heteroatoms. The maximum absolute atomic E-state index is 12.7. The van der Waals surface area contributed by atoms with Gasteiger partial charge in [0, 0.05) is 11.1 Å². The van der Waals surface area contributed by atoms with E-state index in [1.807, 2.05) is 31.2 Å². The Labute approximate surface area is 164 Å². The molecule has 0 saturated heterocycles. The third kappa shape index (κ3) is 4.14. The first-order chi connectivity index (χ1) is 13.1. The van der Waals surface area contributed by atoms with Crippen molar-refractivity contribution in [3.8, 4) is 11.3 Å². The van der Waals surface area contributed by atoms with Crippen molar-refractivity contribution in [2.24, 2.45) is 0 Å². The number of carbonyl (C=O) groups excluding carboxylic acids is 1. The maximum Gasteiger partial charge on any atom is 0.371 e. The van der Waals surface area contributed by atoms with Crippen molar-refractivity contribution >= 4 is 17.6 Å². The van der Waals surface area contributed by atoms with Crippen molar-refractivity contribution in [1.82, 2.24) is 0 Å². The summed E-state index contributed by atoms with van der Waals surface area (Å²) < 4.78 is 5.40. The van der Waals surface area contributed by atoms with Gasteiger partial charge in [-0.1, -0.05) is 39.0 Å². The number of hydrogen-bond acceptors (Lipinski definition) is 3. The quantitative estimate of drug-likeness (QED) is 0.629. The van der Waals surface area contributed by atoms with E-state index in [4.69, 9.17) is 9.52 Å². The number of carboxylic acid groups (broad SMARTS) is 1. The average molecular weight is 377 g/mol. The lowest BCUT2D eigenvalue weighted by Gasteiger charge is -2.19. The zero-order valence-corrected chi connectivity index (χ0v) is 16.4. The van der Waals surface area contributed by atoms with Gasteiger partial charge in [0.25, 0.3) is 5.91 Å². The number of hydrogen-bond donors (Lipinski definition) is 2. The number of rotatable bonds is 4. The van der Waals surface area contributed by atoms with Crippen LogP contribution in [0.3, 0.4) is 0 Å². The number of furan rings is 1. The van der Waals surface area contributed by atoms with E-state index in [1.54, 1.807) is 24.3 Å². The topological polar surface area (TPSA) is 79.5 Å². The predicted molar refractivity (Wildman–Crippen MR) is 109 cm³/mol. The summed E-state index contributed by atoms with van der Waals surface area (Å²) in [5, 5.41) is 12.0. The number of carbonyl (C=O) groups is 2. The second-order valence-corrected chi connectivity index (χ2v) is 7.80. The van der Waals surface area contributed by atoms with Gasteiger partial charge in [-0.3, -0.25) is 4.79 Å². The largest absolute Gasteiger partial charge is 0.475 e. The van der Waals surface area contributed by atoms with E-state index in [0.29, 0.717) is 22.6 Å². The number of aromatic carboxylic acids is 1. The van der Waals surface area contributed by atoms with Crippen LogP contribution in [0.5, 0.6) is 0 Å². The van der Waals surface area contributed by atoms with Crippen molar-refractivity contribution in [2.45, 2.75) is 33.1 Å². The highest BCUT2D eigenvalue weighted by atomic mass is 16.4. The summed E-state index contributed by atoms with van der Waals surface area (Å²) in [6.45, 7) is 8.28. The van der Waals surface area contributed by atoms with Crippen LogP contribution >= 0.6 is 0 Å². The van der Waals surface area contributed by atoms with E-state index < -0.39 is 5.97 Å². The first-order valence-electron chi connectivity index (χ1n) is 9.01. The number of nitrogens with one attached hydrogen (secondary N) is 1. The molecule has 3 rings (SSSR count). The van der Waals surface area contributed by atoms with Gasteiger partial charge in [-0.15, -0.1) is 0 Å². The molecule has 2 aromatic carbocycles. The Hall–Kier alpha value is -3.34. The second kappa shape index (κ2) is 7.35. The van der Waals surface area contributed by atoms with Crippen LogP contribution in [0.1, 0.15) is 52.8 Å². The summed E-state index contributed by atoms with van der Waals surface area (Å²) in [5.74, 6) is -1.14. The molecule has 0 bridgehead atoms. The molecule has 1 heterocycles. The molecule has 0 aliphatic rings. The fraction of sp³-hybridized carbons (Fsp3) is 0.217. The molecule has 0 aliphatic heterocycles. The third-order valence-corrected chi connectivity index (χ3v) is 4.52. The summed E-state index contributed by atoms with van der Waals surface area (Å²) in [7, 11) is 0. The molecule has 2 N–H and O–H groups in total. The van der Waals surface area contributed by atoms with E-state index in [9.17, 15) is 9.59 Å². The van der Waals surface area contributed by atoms with Gasteiger partial charge in [-0.05, 0) is 59.9 Å². The fourth-order valence-corrected chi connectivity index (χ4v) is 2.89. The van der Waals surface area contributed by atoms with Gasteiger partial charge in [0.05, 0.1) is 5.69 Å². The first kappa shape index (κ1) is 19.4. The highest BCUT2D eigenvalue weighted by molar-refractivity contribution is 6.06. The van der Waals surface area contributed by atoms with Crippen LogP contribution < -0.4 is 5.32 Å². The van der Waals surface area contributed by atoms with Gasteiger partial charge < -0.3 is 14.8 Å². The van der Waals surface area contributed by atoms with E-state index in [2.05, 4.69) is 26.1 Å². The molecule has 1 amide bonds. The van der Waals surface area contributed by atoms with Crippen LogP contribution in [0.2, 0.25) is 0 Å². The normalized spacial score (nSPS) is 11.3. The maximum atomic E-state index is 12.7. The molecule has 0 saturated carbocycles. The summed E-state index contributed by atoms with van der Waals surface area (Å²) >= 11 is 0. The second-order valence-electron chi connectivity index (χ2n) is 7.80. The molecule has 28 heavy (non-hydrogen) atoms. The number of anilines is 1. The Morgan fingerprint density at radius 2 is 1.64 bits per heavy atom. The van der Waals surface area contributed by atoms with Crippen LogP contribution in [-0.2, 0) is 5.41 Å². The summed E-state index contributed by atoms with van der Waals surface area (Å²) in [6.07, 6.45) is 0. The monoisotopic (exact) mass is 377 g/mol. The van der Waals surface area contributed by atoms with Crippen LogP contribution in [0.25, 0.3) is 11.3 Å². The molecule has 0 fully saturated rings. The van der Waals surface area contributed by atoms with Crippen molar-refractivity contribution < 1.29 is 19.1 Å². The Balaban J connectivity index is 1.90. The lowest BCUT2D eigenvalue weighted by molar-refractivity contribution is 0.0663. The number of aryl methyl sites for hydroxylation is 1. The predicted octanol–water partition coefficient (Wildman–Crippen LogP) is 5.50. The molecule has 0 aliphatic carbocycles. The Morgan fingerprint density at radius 3 is 2.21 bits per heavy atom. The van der Waals surface area contributed by atoms with Crippen molar-refractivity contribution in [3.05, 3.63) is 77.0 Å². The van der Waals surface area contributed by atoms with Gasteiger partial charge in [-0.25, -0.2) is 4.79 Å². The molecule has 144 valence electrons.